The number of benzene rings is 2. The van der Waals surface area contributed by atoms with E-state index in [1.165, 1.54) is 0 Å². The first-order valence-corrected chi connectivity index (χ1v) is 9.69. The number of methoxy groups -OCH3 is 1. The van der Waals surface area contributed by atoms with Crippen LogP contribution in [-0.4, -0.2) is 30.9 Å². The Morgan fingerprint density at radius 2 is 1.66 bits per heavy atom. The highest BCUT2D eigenvalue weighted by molar-refractivity contribution is 6.40. The average molecular weight is 395 g/mol. The minimum absolute atomic E-state index is 0.166. The number of carbonyl (C=O) groups excluding carboxylic acids is 3. The maximum absolute atomic E-state index is 12.6. The first kappa shape index (κ1) is 20.4. The van der Waals surface area contributed by atoms with Gasteiger partial charge >= 0.3 is 11.8 Å². The number of hydrogen-bond acceptors (Lipinski definition) is 4. The summed E-state index contributed by atoms with van der Waals surface area (Å²) in [7, 11) is 1.58. The van der Waals surface area contributed by atoms with E-state index >= 15 is 0 Å². The van der Waals surface area contributed by atoms with E-state index in [0.717, 1.165) is 31.2 Å². The number of rotatable bonds is 6. The van der Waals surface area contributed by atoms with Crippen LogP contribution < -0.4 is 20.7 Å². The van der Waals surface area contributed by atoms with Gasteiger partial charge in [0.05, 0.1) is 18.4 Å². The largest absolute Gasteiger partial charge is 0.497 e. The van der Waals surface area contributed by atoms with Gasteiger partial charge in [0.25, 0.3) is 5.91 Å². The van der Waals surface area contributed by atoms with Crippen LogP contribution in [0.15, 0.2) is 48.5 Å². The Kier molecular flexibility index (Phi) is 6.84. The zero-order valence-corrected chi connectivity index (χ0v) is 16.4. The van der Waals surface area contributed by atoms with Crippen molar-refractivity contribution in [2.24, 2.45) is 0 Å². The molecule has 3 N–H and O–H groups in total. The van der Waals surface area contributed by atoms with Crippen molar-refractivity contribution in [3.05, 3.63) is 59.7 Å². The summed E-state index contributed by atoms with van der Waals surface area (Å²) in [6.07, 6.45) is 4.15. The molecule has 1 aliphatic rings. The number of amides is 3. The molecule has 1 fully saturated rings. The molecule has 1 aliphatic carbocycles. The average Bonchev–Trinajstić information content (AvgIpc) is 3.25. The van der Waals surface area contributed by atoms with Crippen molar-refractivity contribution in [1.29, 1.82) is 0 Å². The molecule has 29 heavy (non-hydrogen) atoms. The molecular formula is C22H25N3O4. The third-order valence-electron chi connectivity index (χ3n) is 4.93. The topological polar surface area (TPSA) is 96.5 Å². The van der Waals surface area contributed by atoms with E-state index in [9.17, 15) is 14.4 Å². The Balaban J connectivity index is 1.57. The van der Waals surface area contributed by atoms with E-state index in [1.54, 1.807) is 55.6 Å². The van der Waals surface area contributed by atoms with Crippen molar-refractivity contribution in [3.63, 3.8) is 0 Å². The fourth-order valence-electron chi connectivity index (χ4n) is 3.31. The van der Waals surface area contributed by atoms with Crippen LogP contribution in [0.25, 0.3) is 0 Å². The molecule has 3 amide bonds. The molecule has 0 unspecified atom stereocenters. The molecule has 0 heterocycles. The minimum Gasteiger partial charge on any atom is -0.497 e. The number of carbonyl (C=O) groups is 3. The van der Waals surface area contributed by atoms with Crippen molar-refractivity contribution < 1.29 is 19.1 Å². The molecule has 0 atom stereocenters. The number of hydrogen-bond donors (Lipinski definition) is 3. The number of ether oxygens (including phenoxy) is 1. The van der Waals surface area contributed by atoms with Gasteiger partial charge in [0.15, 0.2) is 0 Å². The van der Waals surface area contributed by atoms with Gasteiger partial charge in [0, 0.05) is 12.6 Å². The van der Waals surface area contributed by atoms with Gasteiger partial charge in [-0.1, -0.05) is 37.1 Å². The van der Waals surface area contributed by atoms with Crippen LogP contribution in [0.5, 0.6) is 5.75 Å². The fraction of sp³-hybridized carbons (Fsp3) is 0.318. The first-order chi connectivity index (χ1) is 14.1. The summed E-state index contributed by atoms with van der Waals surface area (Å²) in [5.74, 6) is -1.12. The maximum atomic E-state index is 12.6. The molecule has 0 radical (unpaired) electrons. The second-order valence-corrected chi connectivity index (χ2v) is 6.99. The van der Waals surface area contributed by atoms with Gasteiger partial charge in [-0.25, -0.2) is 0 Å². The summed E-state index contributed by atoms with van der Waals surface area (Å²) >= 11 is 0. The third-order valence-corrected chi connectivity index (χ3v) is 4.93. The highest BCUT2D eigenvalue weighted by Crippen LogP contribution is 2.20. The maximum Gasteiger partial charge on any atom is 0.313 e. The van der Waals surface area contributed by atoms with Crippen molar-refractivity contribution in [2.75, 3.05) is 12.4 Å². The zero-order chi connectivity index (χ0) is 20.6. The summed E-state index contributed by atoms with van der Waals surface area (Å²) in [6, 6.07) is 14.0. The summed E-state index contributed by atoms with van der Waals surface area (Å²) < 4.78 is 5.09. The Bertz CT molecular complexity index is 874. The lowest BCUT2D eigenvalue weighted by molar-refractivity contribution is -0.136. The molecule has 0 aromatic heterocycles. The molecule has 0 saturated heterocycles. The molecule has 3 rings (SSSR count). The van der Waals surface area contributed by atoms with Crippen LogP contribution in [0.4, 0.5) is 5.69 Å². The van der Waals surface area contributed by atoms with Gasteiger partial charge < -0.3 is 20.7 Å². The second-order valence-electron chi connectivity index (χ2n) is 6.99. The zero-order valence-electron chi connectivity index (χ0n) is 16.4. The smallest absolute Gasteiger partial charge is 0.313 e. The van der Waals surface area contributed by atoms with Crippen molar-refractivity contribution in [3.8, 4) is 5.75 Å². The lowest BCUT2D eigenvalue weighted by atomic mass is 10.1. The fourth-order valence-corrected chi connectivity index (χ4v) is 3.31. The molecule has 0 spiro atoms. The Hall–Kier alpha value is -3.35. The van der Waals surface area contributed by atoms with Crippen LogP contribution in [0.2, 0.25) is 0 Å². The molecule has 7 heteroatoms. The van der Waals surface area contributed by atoms with E-state index in [0.29, 0.717) is 17.0 Å². The Labute approximate surface area is 169 Å². The van der Waals surface area contributed by atoms with Crippen molar-refractivity contribution in [2.45, 2.75) is 38.3 Å². The van der Waals surface area contributed by atoms with E-state index in [-0.39, 0.29) is 18.5 Å². The lowest BCUT2D eigenvalue weighted by Gasteiger charge is -2.15. The highest BCUT2D eigenvalue weighted by Gasteiger charge is 2.21. The molecule has 152 valence electrons. The predicted octanol–water partition coefficient (Wildman–Crippen LogP) is 2.62. The lowest BCUT2D eigenvalue weighted by Crippen LogP contribution is -2.36. The number of nitrogens with one attached hydrogen (secondary N) is 3. The molecule has 0 bridgehead atoms. The standard InChI is InChI=1S/C22H25N3O4/c1-29-17-12-10-15(11-13-17)14-23-21(27)22(28)25-19-9-5-4-8-18(19)20(26)24-16-6-2-3-7-16/h4-5,8-13,16H,2-3,6-7,14H2,1H3,(H,23,27)(H,24,26)(H,25,28). The van der Waals surface area contributed by atoms with Crippen LogP contribution >= 0.6 is 0 Å². The second kappa shape index (κ2) is 9.73. The van der Waals surface area contributed by atoms with Crippen LogP contribution in [0.1, 0.15) is 41.6 Å². The normalized spacial score (nSPS) is 13.6. The van der Waals surface area contributed by atoms with Gasteiger partial charge in [-0.2, -0.15) is 0 Å². The molecular weight excluding hydrogens is 370 g/mol. The van der Waals surface area contributed by atoms with Gasteiger partial charge in [0.1, 0.15) is 5.75 Å². The minimum atomic E-state index is -0.820. The van der Waals surface area contributed by atoms with Gasteiger partial charge in [-0.3, -0.25) is 14.4 Å². The Morgan fingerprint density at radius 3 is 2.34 bits per heavy atom. The number of anilines is 1. The summed E-state index contributed by atoms with van der Waals surface area (Å²) in [5.41, 5.74) is 1.49. The van der Waals surface area contributed by atoms with Crippen molar-refractivity contribution >= 4 is 23.4 Å². The summed E-state index contributed by atoms with van der Waals surface area (Å²) in [4.78, 5) is 37.0. The van der Waals surface area contributed by atoms with Crippen LogP contribution in [-0.2, 0) is 16.1 Å². The monoisotopic (exact) mass is 395 g/mol. The SMILES string of the molecule is COc1ccc(CNC(=O)C(=O)Nc2ccccc2C(=O)NC2CCCC2)cc1. The van der Waals surface area contributed by atoms with Gasteiger partial charge in [0.2, 0.25) is 0 Å². The van der Waals surface area contributed by atoms with E-state index < -0.39 is 11.8 Å². The third kappa shape index (κ3) is 5.57. The molecule has 7 nitrogen and oxygen atoms in total. The quantitative estimate of drug-likeness (QED) is 0.655. The van der Waals surface area contributed by atoms with Crippen LogP contribution in [0, 0.1) is 0 Å². The molecule has 2 aromatic carbocycles. The summed E-state index contributed by atoms with van der Waals surface area (Å²) in [5, 5.41) is 8.10. The van der Waals surface area contributed by atoms with E-state index in [4.69, 9.17) is 4.74 Å². The Morgan fingerprint density at radius 1 is 0.966 bits per heavy atom. The van der Waals surface area contributed by atoms with Crippen LogP contribution in [0.3, 0.4) is 0 Å². The van der Waals surface area contributed by atoms with Crippen molar-refractivity contribution in [1.82, 2.24) is 10.6 Å². The summed E-state index contributed by atoms with van der Waals surface area (Å²) in [6.45, 7) is 0.208. The molecule has 0 aliphatic heterocycles. The van der Waals surface area contributed by atoms with E-state index in [2.05, 4.69) is 16.0 Å². The van der Waals surface area contributed by atoms with Gasteiger partial charge in [-0.05, 0) is 42.7 Å². The molecule has 2 aromatic rings. The highest BCUT2D eigenvalue weighted by atomic mass is 16.5. The number of para-hydroxylation sites is 1. The van der Waals surface area contributed by atoms with Gasteiger partial charge in [-0.15, -0.1) is 0 Å². The van der Waals surface area contributed by atoms with E-state index in [1.807, 2.05) is 0 Å². The molecule has 1 saturated carbocycles. The first-order valence-electron chi connectivity index (χ1n) is 9.69. The predicted molar refractivity (Wildman–Crippen MR) is 110 cm³/mol.